The molecule has 2 atom stereocenters. The second-order valence-corrected chi connectivity index (χ2v) is 5.41. The molecule has 0 spiro atoms. The first-order chi connectivity index (χ1) is 10.1. The Hall–Kier alpha value is -1.84. The second kappa shape index (κ2) is 6.74. The van der Waals surface area contributed by atoms with Crippen LogP contribution in [-0.2, 0) is 19.1 Å². The molecule has 0 bridgehead atoms. The maximum atomic E-state index is 12.4. The van der Waals surface area contributed by atoms with Crippen LogP contribution in [-0.4, -0.2) is 18.5 Å². The predicted octanol–water partition coefficient (Wildman–Crippen LogP) is 3.41. The number of ether oxygens (including phenoxy) is 2. The average Bonchev–Trinajstić information content (AvgIpc) is 2.84. The van der Waals surface area contributed by atoms with E-state index in [1.807, 2.05) is 37.3 Å². The zero-order chi connectivity index (χ0) is 15.3. The first-order valence-electron chi connectivity index (χ1n) is 7.57. The van der Waals surface area contributed by atoms with Gasteiger partial charge in [0.05, 0.1) is 6.61 Å². The van der Waals surface area contributed by atoms with Crippen molar-refractivity contribution in [1.82, 2.24) is 0 Å². The Morgan fingerprint density at radius 2 is 2.05 bits per heavy atom. The smallest absolute Gasteiger partial charge is 0.324 e. The van der Waals surface area contributed by atoms with Crippen LogP contribution in [0.4, 0.5) is 0 Å². The highest BCUT2D eigenvalue weighted by Crippen LogP contribution is 2.46. The van der Waals surface area contributed by atoms with Gasteiger partial charge < -0.3 is 9.47 Å². The Morgan fingerprint density at radius 1 is 1.33 bits per heavy atom. The quantitative estimate of drug-likeness (QED) is 0.595. The molecular formula is C17H22O4. The number of hydrogen-bond donors (Lipinski definition) is 0. The number of rotatable bonds is 6. The summed E-state index contributed by atoms with van der Waals surface area (Å²) in [7, 11) is 0. The summed E-state index contributed by atoms with van der Waals surface area (Å²) in [6.07, 6.45) is 2.22. The van der Waals surface area contributed by atoms with Gasteiger partial charge in [-0.15, -0.1) is 0 Å². The molecule has 1 aromatic rings. The molecular weight excluding hydrogens is 268 g/mol. The third-order valence-electron chi connectivity index (χ3n) is 3.97. The van der Waals surface area contributed by atoms with Crippen molar-refractivity contribution in [2.24, 2.45) is 5.41 Å². The lowest BCUT2D eigenvalue weighted by atomic mass is 9.79. The SMILES string of the molecule is CCCCC1(C(=O)OCC)CC(c2ccccc2)OC1=O. The molecule has 1 fully saturated rings. The van der Waals surface area contributed by atoms with Gasteiger partial charge in [0, 0.05) is 6.42 Å². The molecule has 0 aromatic heterocycles. The molecule has 4 heteroatoms. The second-order valence-electron chi connectivity index (χ2n) is 5.41. The molecule has 0 N–H and O–H groups in total. The molecule has 2 rings (SSSR count). The molecule has 1 aliphatic heterocycles. The van der Waals surface area contributed by atoms with Gasteiger partial charge in [0.2, 0.25) is 0 Å². The predicted molar refractivity (Wildman–Crippen MR) is 78.5 cm³/mol. The molecule has 0 amide bonds. The van der Waals surface area contributed by atoms with Gasteiger partial charge in [-0.25, -0.2) is 0 Å². The van der Waals surface area contributed by atoms with Crippen LogP contribution in [0.25, 0.3) is 0 Å². The third kappa shape index (κ3) is 3.09. The van der Waals surface area contributed by atoms with Gasteiger partial charge in [-0.05, 0) is 18.9 Å². The molecule has 0 radical (unpaired) electrons. The number of unbranched alkanes of at least 4 members (excludes halogenated alkanes) is 1. The zero-order valence-corrected chi connectivity index (χ0v) is 12.6. The van der Waals surface area contributed by atoms with Gasteiger partial charge in [-0.1, -0.05) is 50.1 Å². The van der Waals surface area contributed by atoms with Gasteiger partial charge in [0.15, 0.2) is 5.41 Å². The lowest BCUT2D eigenvalue weighted by molar-refractivity contribution is -0.165. The number of cyclic esters (lactones) is 1. The summed E-state index contributed by atoms with van der Waals surface area (Å²) in [5.41, 5.74) is -0.208. The fourth-order valence-electron chi connectivity index (χ4n) is 2.76. The van der Waals surface area contributed by atoms with E-state index >= 15 is 0 Å². The lowest BCUT2D eigenvalue weighted by Gasteiger charge is -2.22. The standard InChI is InChI=1S/C17H22O4/c1-3-5-11-17(15(18)20-4-2)12-14(21-16(17)19)13-9-7-6-8-10-13/h6-10,14H,3-5,11-12H2,1-2H3. The van der Waals surface area contributed by atoms with Crippen molar-refractivity contribution in [2.45, 2.75) is 45.6 Å². The molecule has 1 saturated heterocycles. The summed E-state index contributed by atoms with van der Waals surface area (Å²) in [6, 6.07) is 9.55. The number of esters is 2. The Balaban J connectivity index is 2.24. The highest BCUT2D eigenvalue weighted by atomic mass is 16.6. The van der Waals surface area contributed by atoms with Gasteiger partial charge >= 0.3 is 11.9 Å². The Bertz CT molecular complexity index is 497. The van der Waals surface area contributed by atoms with Crippen LogP contribution < -0.4 is 0 Å². The Morgan fingerprint density at radius 3 is 2.67 bits per heavy atom. The molecule has 1 heterocycles. The summed E-state index contributed by atoms with van der Waals surface area (Å²) < 4.78 is 10.6. The van der Waals surface area contributed by atoms with E-state index < -0.39 is 17.4 Å². The fraction of sp³-hybridized carbons (Fsp3) is 0.529. The van der Waals surface area contributed by atoms with Crippen molar-refractivity contribution in [3.8, 4) is 0 Å². The van der Waals surface area contributed by atoms with Crippen molar-refractivity contribution in [1.29, 1.82) is 0 Å². The van der Waals surface area contributed by atoms with E-state index in [9.17, 15) is 9.59 Å². The highest BCUT2D eigenvalue weighted by Gasteiger charge is 2.55. The van der Waals surface area contributed by atoms with Gasteiger partial charge in [-0.2, -0.15) is 0 Å². The normalized spacial score (nSPS) is 24.7. The maximum absolute atomic E-state index is 12.4. The van der Waals surface area contributed by atoms with E-state index in [0.29, 0.717) is 12.8 Å². The Kier molecular flexibility index (Phi) is 4.99. The largest absolute Gasteiger partial charge is 0.465 e. The molecule has 1 aromatic carbocycles. The van der Waals surface area contributed by atoms with Crippen molar-refractivity contribution in [2.75, 3.05) is 6.61 Å². The molecule has 0 aliphatic carbocycles. The van der Waals surface area contributed by atoms with E-state index in [1.54, 1.807) is 6.92 Å². The number of benzene rings is 1. The molecule has 0 saturated carbocycles. The van der Waals surface area contributed by atoms with Crippen LogP contribution in [0.1, 0.15) is 51.2 Å². The molecule has 1 aliphatic rings. The summed E-state index contributed by atoms with van der Waals surface area (Å²) >= 11 is 0. The minimum atomic E-state index is -1.13. The number of carbonyl (C=O) groups is 2. The van der Waals surface area contributed by atoms with Crippen LogP contribution in [0.5, 0.6) is 0 Å². The van der Waals surface area contributed by atoms with Crippen molar-refractivity contribution in [3.63, 3.8) is 0 Å². The van der Waals surface area contributed by atoms with Crippen LogP contribution >= 0.6 is 0 Å². The van der Waals surface area contributed by atoms with E-state index in [0.717, 1.165) is 18.4 Å². The molecule has 114 valence electrons. The van der Waals surface area contributed by atoms with E-state index in [4.69, 9.17) is 9.47 Å². The van der Waals surface area contributed by atoms with Crippen LogP contribution in [0.3, 0.4) is 0 Å². The molecule has 2 unspecified atom stereocenters. The molecule has 21 heavy (non-hydrogen) atoms. The monoisotopic (exact) mass is 290 g/mol. The zero-order valence-electron chi connectivity index (χ0n) is 12.6. The Labute approximate surface area is 125 Å². The summed E-state index contributed by atoms with van der Waals surface area (Å²) in [5, 5.41) is 0. The summed E-state index contributed by atoms with van der Waals surface area (Å²) in [4.78, 5) is 24.7. The van der Waals surface area contributed by atoms with Crippen molar-refractivity contribution < 1.29 is 19.1 Å². The average molecular weight is 290 g/mol. The van der Waals surface area contributed by atoms with Crippen molar-refractivity contribution in [3.05, 3.63) is 35.9 Å². The minimum Gasteiger partial charge on any atom is -0.465 e. The first kappa shape index (κ1) is 15.5. The fourth-order valence-corrected chi connectivity index (χ4v) is 2.76. The van der Waals surface area contributed by atoms with Gasteiger partial charge in [0.1, 0.15) is 6.10 Å². The van der Waals surface area contributed by atoms with E-state index in [-0.39, 0.29) is 12.7 Å². The van der Waals surface area contributed by atoms with Crippen LogP contribution in [0.2, 0.25) is 0 Å². The maximum Gasteiger partial charge on any atom is 0.324 e. The number of hydrogen-bond acceptors (Lipinski definition) is 4. The third-order valence-corrected chi connectivity index (χ3v) is 3.97. The van der Waals surface area contributed by atoms with Crippen LogP contribution in [0, 0.1) is 5.41 Å². The summed E-state index contributed by atoms with van der Waals surface area (Å²) in [5.74, 6) is -0.884. The van der Waals surface area contributed by atoms with Crippen molar-refractivity contribution >= 4 is 11.9 Å². The topological polar surface area (TPSA) is 52.6 Å². The highest BCUT2D eigenvalue weighted by molar-refractivity contribution is 6.01. The van der Waals surface area contributed by atoms with Gasteiger partial charge in [0.25, 0.3) is 0 Å². The van der Waals surface area contributed by atoms with Gasteiger partial charge in [-0.3, -0.25) is 9.59 Å². The first-order valence-corrected chi connectivity index (χ1v) is 7.57. The lowest BCUT2D eigenvalue weighted by Crippen LogP contribution is -2.37. The minimum absolute atomic E-state index is 0.274. The van der Waals surface area contributed by atoms with E-state index in [1.165, 1.54) is 0 Å². The van der Waals surface area contributed by atoms with E-state index in [2.05, 4.69) is 0 Å². The van der Waals surface area contributed by atoms with Crippen LogP contribution in [0.15, 0.2) is 30.3 Å². The molecule has 4 nitrogen and oxygen atoms in total. The summed E-state index contributed by atoms with van der Waals surface area (Å²) in [6.45, 7) is 4.06. The number of carbonyl (C=O) groups excluding carboxylic acids is 2.